The lowest BCUT2D eigenvalue weighted by atomic mass is 9.84. The van der Waals surface area contributed by atoms with Crippen molar-refractivity contribution in [3.05, 3.63) is 0 Å². The molecule has 1 fully saturated rings. The van der Waals surface area contributed by atoms with Gasteiger partial charge in [-0.25, -0.2) is 0 Å². The van der Waals surface area contributed by atoms with Crippen LogP contribution in [-0.2, 0) is 0 Å². The van der Waals surface area contributed by atoms with Crippen molar-refractivity contribution in [2.75, 3.05) is 0 Å². The molecule has 0 aromatic rings. The third kappa shape index (κ3) is 2.24. The van der Waals surface area contributed by atoms with E-state index in [2.05, 4.69) is 27.7 Å². The smallest absolute Gasteiger partial charge is 0.0357 e. The number of hydrogen-bond acceptors (Lipinski definition) is 0. The molecule has 4 atom stereocenters. The predicted octanol–water partition coefficient (Wildman–Crippen LogP) is 4.10. The van der Waals surface area contributed by atoms with Gasteiger partial charge in [0.05, 0.1) is 0 Å². The summed E-state index contributed by atoms with van der Waals surface area (Å²) in [6, 6.07) is 0. The van der Waals surface area contributed by atoms with E-state index >= 15 is 0 Å². The lowest BCUT2D eigenvalue weighted by molar-refractivity contribution is 0.283. The summed E-state index contributed by atoms with van der Waals surface area (Å²) in [7, 11) is 0. The van der Waals surface area contributed by atoms with Crippen molar-refractivity contribution < 1.29 is 0 Å². The normalized spacial score (nSPS) is 33.0. The van der Waals surface area contributed by atoms with Crippen LogP contribution in [0, 0.1) is 23.7 Å². The molecule has 0 radical (unpaired) electrons. The molecule has 0 heterocycles. The highest BCUT2D eigenvalue weighted by Gasteiger charge is 2.39. The van der Waals surface area contributed by atoms with Gasteiger partial charge in [0.25, 0.3) is 0 Å². The maximum absolute atomic E-state index is 2.47. The molecular formula is C12H24. The van der Waals surface area contributed by atoms with Gasteiger partial charge < -0.3 is 0 Å². The van der Waals surface area contributed by atoms with Gasteiger partial charge in [0.1, 0.15) is 0 Å². The molecule has 1 rings (SSSR count). The van der Waals surface area contributed by atoms with Crippen LogP contribution in [0.2, 0.25) is 0 Å². The number of rotatable bonds is 5. The van der Waals surface area contributed by atoms with Crippen LogP contribution in [0.3, 0.4) is 0 Å². The maximum Gasteiger partial charge on any atom is -0.0357 e. The molecule has 0 saturated heterocycles. The average molecular weight is 168 g/mol. The van der Waals surface area contributed by atoms with E-state index in [0.29, 0.717) is 0 Å². The maximum atomic E-state index is 2.47. The highest BCUT2D eigenvalue weighted by Crippen LogP contribution is 2.47. The van der Waals surface area contributed by atoms with Gasteiger partial charge in [0.15, 0.2) is 0 Å². The fourth-order valence-electron chi connectivity index (χ4n) is 2.64. The first-order valence-electron chi connectivity index (χ1n) is 5.70. The van der Waals surface area contributed by atoms with Crippen LogP contribution in [-0.4, -0.2) is 0 Å². The van der Waals surface area contributed by atoms with Gasteiger partial charge in [-0.3, -0.25) is 0 Å². The molecule has 0 aromatic carbocycles. The van der Waals surface area contributed by atoms with Crippen LogP contribution in [0.4, 0.5) is 0 Å². The Hall–Kier alpha value is 0. The van der Waals surface area contributed by atoms with E-state index in [1.807, 2.05) is 0 Å². The molecule has 72 valence electrons. The first-order valence-corrected chi connectivity index (χ1v) is 5.70. The molecule has 12 heavy (non-hydrogen) atoms. The molecular weight excluding hydrogens is 144 g/mol. The molecule has 1 saturated carbocycles. The summed E-state index contributed by atoms with van der Waals surface area (Å²) in [6.07, 6.45) is 5.70. The summed E-state index contributed by atoms with van der Waals surface area (Å²) >= 11 is 0. The van der Waals surface area contributed by atoms with Gasteiger partial charge in [-0.2, -0.15) is 0 Å². The van der Waals surface area contributed by atoms with Crippen molar-refractivity contribution in [1.82, 2.24) is 0 Å². The summed E-state index contributed by atoms with van der Waals surface area (Å²) in [4.78, 5) is 0. The van der Waals surface area contributed by atoms with Crippen LogP contribution in [0.25, 0.3) is 0 Å². The summed E-state index contributed by atoms with van der Waals surface area (Å²) in [5, 5.41) is 0. The molecule has 0 spiro atoms. The second-order valence-electron chi connectivity index (χ2n) is 4.69. The Kier molecular flexibility index (Phi) is 3.61. The zero-order chi connectivity index (χ0) is 9.14. The Morgan fingerprint density at radius 1 is 1.33 bits per heavy atom. The van der Waals surface area contributed by atoms with Crippen molar-refractivity contribution >= 4 is 0 Å². The SMILES string of the molecule is CCCC(CC)C(C)C1CC1C. The molecule has 0 nitrogen and oxygen atoms in total. The van der Waals surface area contributed by atoms with Crippen molar-refractivity contribution in [3.63, 3.8) is 0 Å². The van der Waals surface area contributed by atoms with Gasteiger partial charge in [-0.15, -0.1) is 0 Å². The van der Waals surface area contributed by atoms with Crippen LogP contribution in [0.5, 0.6) is 0 Å². The Balaban J connectivity index is 2.31. The third-order valence-electron chi connectivity index (χ3n) is 3.77. The van der Waals surface area contributed by atoms with E-state index in [4.69, 9.17) is 0 Å². The lowest BCUT2D eigenvalue weighted by Gasteiger charge is -2.22. The van der Waals surface area contributed by atoms with Gasteiger partial charge in [-0.1, -0.05) is 47.0 Å². The van der Waals surface area contributed by atoms with Gasteiger partial charge in [0.2, 0.25) is 0 Å². The van der Waals surface area contributed by atoms with Crippen LogP contribution >= 0.6 is 0 Å². The van der Waals surface area contributed by atoms with Gasteiger partial charge in [0, 0.05) is 0 Å². The largest absolute Gasteiger partial charge is 0.0654 e. The minimum atomic E-state index is 0.991. The zero-order valence-corrected chi connectivity index (χ0v) is 9.14. The standard InChI is InChI=1S/C12H24/c1-5-7-11(6-2)10(4)12-8-9(12)3/h9-12H,5-8H2,1-4H3. The van der Waals surface area contributed by atoms with Crippen LogP contribution in [0.1, 0.15) is 53.4 Å². The predicted molar refractivity (Wildman–Crippen MR) is 55.1 cm³/mol. The van der Waals surface area contributed by atoms with Crippen molar-refractivity contribution in [1.29, 1.82) is 0 Å². The van der Waals surface area contributed by atoms with E-state index in [-0.39, 0.29) is 0 Å². The molecule has 0 heteroatoms. The van der Waals surface area contributed by atoms with Crippen molar-refractivity contribution in [3.8, 4) is 0 Å². The summed E-state index contributed by atoms with van der Waals surface area (Å²) in [6.45, 7) is 9.54. The minimum Gasteiger partial charge on any atom is -0.0654 e. The monoisotopic (exact) mass is 168 g/mol. The highest BCUT2D eigenvalue weighted by atomic mass is 14.4. The fraction of sp³-hybridized carbons (Fsp3) is 1.00. The van der Waals surface area contributed by atoms with E-state index in [1.165, 1.54) is 25.7 Å². The van der Waals surface area contributed by atoms with Crippen LogP contribution in [0.15, 0.2) is 0 Å². The second kappa shape index (κ2) is 4.30. The first-order chi connectivity index (χ1) is 5.70. The van der Waals surface area contributed by atoms with Crippen molar-refractivity contribution in [2.24, 2.45) is 23.7 Å². The molecule has 0 aromatic heterocycles. The molecule has 0 aliphatic heterocycles. The van der Waals surface area contributed by atoms with Gasteiger partial charge >= 0.3 is 0 Å². The molecule has 0 N–H and O–H groups in total. The Morgan fingerprint density at radius 3 is 2.25 bits per heavy atom. The summed E-state index contributed by atoms with van der Waals surface area (Å²) in [5.41, 5.74) is 0. The van der Waals surface area contributed by atoms with Crippen molar-refractivity contribution in [2.45, 2.75) is 53.4 Å². The van der Waals surface area contributed by atoms with Gasteiger partial charge in [-0.05, 0) is 30.1 Å². The zero-order valence-electron chi connectivity index (χ0n) is 9.14. The van der Waals surface area contributed by atoms with Crippen LogP contribution < -0.4 is 0 Å². The van der Waals surface area contributed by atoms with E-state index in [9.17, 15) is 0 Å². The second-order valence-corrected chi connectivity index (χ2v) is 4.69. The number of hydrogen-bond donors (Lipinski definition) is 0. The quantitative estimate of drug-likeness (QED) is 0.579. The highest BCUT2D eigenvalue weighted by molar-refractivity contribution is 4.88. The van der Waals surface area contributed by atoms with E-state index < -0.39 is 0 Å². The Labute approximate surface area is 77.7 Å². The molecule has 4 unspecified atom stereocenters. The fourth-order valence-corrected chi connectivity index (χ4v) is 2.64. The average Bonchev–Trinajstić information content (AvgIpc) is 2.77. The summed E-state index contributed by atoms with van der Waals surface area (Å²) in [5.74, 6) is 4.10. The van der Waals surface area contributed by atoms with E-state index in [0.717, 1.165) is 23.7 Å². The topological polar surface area (TPSA) is 0 Å². The summed E-state index contributed by atoms with van der Waals surface area (Å²) < 4.78 is 0. The third-order valence-corrected chi connectivity index (χ3v) is 3.77. The molecule has 0 amide bonds. The Bertz CT molecular complexity index is 128. The molecule has 1 aliphatic carbocycles. The molecule has 1 aliphatic rings. The lowest BCUT2D eigenvalue weighted by Crippen LogP contribution is -2.13. The molecule has 0 bridgehead atoms. The first kappa shape index (κ1) is 10.1. The van der Waals surface area contributed by atoms with E-state index in [1.54, 1.807) is 0 Å². The minimum absolute atomic E-state index is 0.991. The Morgan fingerprint density at radius 2 is 1.92 bits per heavy atom.